The smallest absolute Gasteiger partial charge is 0.335 e. The molecule has 0 fully saturated rings. The number of ether oxygens (including phenoxy) is 1. The molecule has 0 aliphatic heterocycles. The van der Waals surface area contributed by atoms with Crippen molar-refractivity contribution in [1.82, 2.24) is 0 Å². The predicted octanol–water partition coefficient (Wildman–Crippen LogP) is 9.97. The molecule has 0 unspecified atom stereocenters. The molecular weight excluding hydrogens is 392 g/mol. The number of allylic oxidation sites excluding steroid dienone is 1. The second kappa shape index (κ2) is 22.6. The van der Waals surface area contributed by atoms with Gasteiger partial charge in [-0.1, -0.05) is 147 Å². The lowest BCUT2D eigenvalue weighted by molar-refractivity contribution is -0.129. The minimum Gasteiger partial charge on any atom is -0.423 e. The normalized spacial score (nSPS) is 11.3. The zero-order chi connectivity index (χ0) is 23.0. The van der Waals surface area contributed by atoms with E-state index in [2.05, 4.69) is 6.92 Å². The molecule has 0 radical (unpaired) electrons. The third-order valence-corrected chi connectivity index (χ3v) is 6.19. The van der Waals surface area contributed by atoms with Crippen LogP contribution in [0.3, 0.4) is 0 Å². The fourth-order valence-corrected chi connectivity index (χ4v) is 4.16. The maximum atomic E-state index is 11.7. The fraction of sp³-hybridized carbons (Fsp3) is 0.700. The molecule has 32 heavy (non-hydrogen) atoms. The van der Waals surface area contributed by atoms with Gasteiger partial charge < -0.3 is 4.74 Å². The van der Waals surface area contributed by atoms with Crippen LogP contribution in [0, 0.1) is 0 Å². The van der Waals surface area contributed by atoms with E-state index in [-0.39, 0.29) is 5.97 Å². The average molecular weight is 443 g/mol. The number of unbranched alkanes of at least 4 members (excludes halogenated alkanes) is 19. The molecule has 0 amide bonds. The van der Waals surface area contributed by atoms with Crippen molar-refractivity contribution in [3.63, 3.8) is 0 Å². The molecule has 0 heterocycles. The van der Waals surface area contributed by atoms with Gasteiger partial charge in [-0.25, -0.2) is 4.79 Å². The van der Waals surface area contributed by atoms with Crippen LogP contribution in [-0.4, -0.2) is 5.97 Å². The molecule has 0 spiro atoms. The molecule has 0 saturated carbocycles. The summed E-state index contributed by atoms with van der Waals surface area (Å²) in [6, 6.07) is 9.23. The van der Waals surface area contributed by atoms with E-state index >= 15 is 0 Å². The minimum atomic E-state index is -0.283. The van der Waals surface area contributed by atoms with Gasteiger partial charge in [-0.15, -0.1) is 0 Å². The Morgan fingerprint density at radius 3 is 1.47 bits per heavy atom. The van der Waals surface area contributed by atoms with E-state index in [1.54, 1.807) is 18.2 Å². The molecule has 182 valence electrons. The van der Waals surface area contributed by atoms with E-state index in [9.17, 15) is 4.79 Å². The van der Waals surface area contributed by atoms with E-state index in [4.69, 9.17) is 4.74 Å². The molecule has 2 nitrogen and oxygen atoms in total. The van der Waals surface area contributed by atoms with Crippen molar-refractivity contribution in [2.45, 2.75) is 135 Å². The Morgan fingerprint density at radius 1 is 0.625 bits per heavy atom. The highest BCUT2D eigenvalue weighted by Crippen LogP contribution is 2.15. The molecule has 0 saturated heterocycles. The van der Waals surface area contributed by atoms with Crippen molar-refractivity contribution in [2.24, 2.45) is 0 Å². The summed E-state index contributed by atoms with van der Waals surface area (Å²) in [7, 11) is 0. The van der Waals surface area contributed by atoms with E-state index < -0.39 is 0 Å². The Hall–Kier alpha value is -1.57. The largest absolute Gasteiger partial charge is 0.423 e. The molecule has 0 atom stereocenters. The lowest BCUT2D eigenvalue weighted by Gasteiger charge is -2.04. The average Bonchev–Trinajstić information content (AvgIpc) is 2.80. The standard InChI is InChI=1S/C30H50O2/c1-2-3-4-5-6-7-8-9-10-11-12-13-14-15-16-17-18-19-20-21-25-28-30(31)32-29-26-23-22-24-27-29/h22-28H,2-21H2,1H3. The minimum absolute atomic E-state index is 0.283. The van der Waals surface area contributed by atoms with Crippen LogP contribution in [-0.2, 0) is 4.79 Å². The first-order valence-electron chi connectivity index (χ1n) is 13.8. The van der Waals surface area contributed by atoms with Crippen molar-refractivity contribution >= 4 is 5.97 Å². The number of rotatable bonds is 22. The van der Waals surface area contributed by atoms with Gasteiger partial charge >= 0.3 is 5.97 Å². The SMILES string of the molecule is CCCCCCCCCCCCCCCCCCCCCC=CC(=O)Oc1ccccc1. The van der Waals surface area contributed by atoms with E-state index in [1.807, 2.05) is 24.3 Å². The maximum absolute atomic E-state index is 11.7. The maximum Gasteiger partial charge on any atom is 0.335 e. The summed E-state index contributed by atoms with van der Waals surface area (Å²) in [5.74, 6) is 0.319. The third kappa shape index (κ3) is 19.1. The first kappa shape index (κ1) is 28.5. The predicted molar refractivity (Wildman–Crippen MR) is 139 cm³/mol. The van der Waals surface area contributed by atoms with Crippen molar-refractivity contribution in [3.8, 4) is 5.75 Å². The highest BCUT2D eigenvalue weighted by atomic mass is 16.5. The van der Waals surface area contributed by atoms with Crippen molar-refractivity contribution in [1.29, 1.82) is 0 Å². The van der Waals surface area contributed by atoms with Crippen molar-refractivity contribution in [3.05, 3.63) is 42.5 Å². The summed E-state index contributed by atoms with van der Waals surface area (Å²) in [5, 5.41) is 0. The highest BCUT2D eigenvalue weighted by molar-refractivity contribution is 5.83. The van der Waals surface area contributed by atoms with Crippen LogP contribution in [0.15, 0.2) is 42.5 Å². The number of hydrogen-bond acceptors (Lipinski definition) is 2. The molecule has 0 N–H and O–H groups in total. The van der Waals surface area contributed by atoms with Crippen LogP contribution in [0.2, 0.25) is 0 Å². The first-order chi connectivity index (χ1) is 15.8. The Labute approximate surface area is 199 Å². The quantitative estimate of drug-likeness (QED) is 0.0772. The fourth-order valence-electron chi connectivity index (χ4n) is 4.16. The Kier molecular flexibility index (Phi) is 20.1. The Balaban J connectivity index is 1.74. The van der Waals surface area contributed by atoms with E-state index in [0.29, 0.717) is 5.75 Å². The lowest BCUT2D eigenvalue weighted by atomic mass is 10.0. The van der Waals surface area contributed by atoms with E-state index in [0.717, 1.165) is 12.8 Å². The molecule has 1 aromatic rings. The molecule has 0 aliphatic carbocycles. The molecule has 0 bridgehead atoms. The molecule has 1 rings (SSSR count). The highest BCUT2D eigenvalue weighted by Gasteiger charge is 1.98. The van der Waals surface area contributed by atoms with Crippen LogP contribution < -0.4 is 4.74 Å². The number of carbonyl (C=O) groups excluding carboxylic acids is 1. The summed E-state index contributed by atoms with van der Waals surface area (Å²) in [6.07, 6.45) is 31.1. The number of benzene rings is 1. The topological polar surface area (TPSA) is 26.3 Å². The van der Waals surface area contributed by atoms with Crippen molar-refractivity contribution < 1.29 is 9.53 Å². The van der Waals surface area contributed by atoms with Gasteiger partial charge in [0.05, 0.1) is 0 Å². The van der Waals surface area contributed by atoms with Crippen molar-refractivity contribution in [2.75, 3.05) is 0 Å². The van der Waals surface area contributed by atoms with Gasteiger partial charge in [0.2, 0.25) is 0 Å². The van der Waals surface area contributed by atoms with Crippen LogP contribution in [0.5, 0.6) is 5.75 Å². The number of para-hydroxylation sites is 1. The van der Waals surface area contributed by atoms with Gasteiger partial charge in [-0.05, 0) is 25.0 Å². The second-order valence-electron chi connectivity index (χ2n) is 9.29. The zero-order valence-corrected chi connectivity index (χ0v) is 21.0. The second-order valence-corrected chi connectivity index (χ2v) is 9.29. The van der Waals surface area contributed by atoms with E-state index in [1.165, 1.54) is 116 Å². The molecule has 0 aliphatic rings. The van der Waals surface area contributed by atoms with Gasteiger partial charge in [0, 0.05) is 6.08 Å². The number of esters is 1. The molecular formula is C30H50O2. The van der Waals surface area contributed by atoms with Crippen LogP contribution >= 0.6 is 0 Å². The monoisotopic (exact) mass is 442 g/mol. The molecule has 1 aromatic carbocycles. The summed E-state index contributed by atoms with van der Waals surface area (Å²) >= 11 is 0. The summed E-state index contributed by atoms with van der Waals surface area (Å²) in [6.45, 7) is 2.29. The summed E-state index contributed by atoms with van der Waals surface area (Å²) in [4.78, 5) is 11.7. The van der Waals surface area contributed by atoms with Gasteiger partial charge in [-0.3, -0.25) is 0 Å². The Bertz CT molecular complexity index is 549. The van der Waals surface area contributed by atoms with Crippen LogP contribution in [0.4, 0.5) is 0 Å². The molecule has 2 heteroatoms. The van der Waals surface area contributed by atoms with Gasteiger partial charge in [-0.2, -0.15) is 0 Å². The lowest BCUT2D eigenvalue weighted by Crippen LogP contribution is -2.03. The van der Waals surface area contributed by atoms with Crippen LogP contribution in [0.1, 0.15) is 135 Å². The number of carbonyl (C=O) groups is 1. The van der Waals surface area contributed by atoms with Gasteiger partial charge in [0.1, 0.15) is 5.75 Å². The molecule has 0 aromatic heterocycles. The third-order valence-electron chi connectivity index (χ3n) is 6.19. The first-order valence-corrected chi connectivity index (χ1v) is 13.8. The van der Waals surface area contributed by atoms with Gasteiger partial charge in [0.25, 0.3) is 0 Å². The summed E-state index contributed by atoms with van der Waals surface area (Å²) < 4.78 is 5.23. The van der Waals surface area contributed by atoms with Gasteiger partial charge in [0.15, 0.2) is 0 Å². The summed E-state index contributed by atoms with van der Waals surface area (Å²) in [5.41, 5.74) is 0. The zero-order valence-electron chi connectivity index (χ0n) is 21.0. The van der Waals surface area contributed by atoms with Crippen LogP contribution in [0.25, 0.3) is 0 Å². The Morgan fingerprint density at radius 2 is 1.03 bits per heavy atom. The number of hydrogen-bond donors (Lipinski definition) is 0.